The minimum Gasteiger partial charge on any atom is -0.488 e. The van der Waals surface area contributed by atoms with Gasteiger partial charge in [0.25, 0.3) is 0 Å². The Morgan fingerprint density at radius 1 is 1.25 bits per heavy atom. The molecule has 0 N–H and O–H groups in total. The van der Waals surface area contributed by atoms with Crippen LogP contribution in [-0.4, -0.2) is 13.3 Å². The van der Waals surface area contributed by atoms with Gasteiger partial charge in [0.2, 0.25) is 0 Å². The van der Waals surface area contributed by atoms with E-state index >= 15 is 0 Å². The van der Waals surface area contributed by atoms with Gasteiger partial charge in [0.1, 0.15) is 23.9 Å². The number of rotatable bonds is 5. The summed E-state index contributed by atoms with van der Waals surface area (Å²) in [5, 5.41) is 0. The Labute approximate surface area is 148 Å². The second-order valence-electron chi connectivity index (χ2n) is 5.12. The molecule has 6 heteroatoms. The molecule has 0 fully saturated rings. The SMILES string of the molecule is CCc1cc(C)c(OCc2c(Br)cccc2OC(=O)OC)cc1F. The first-order valence-corrected chi connectivity index (χ1v) is 8.20. The summed E-state index contributed by atoms with van der Waals surface area (Å²) in [7, 11) is 1.23. The van der Waals surface area contributed by atoms with Gasteiger partial charge in [-0.3, -0.25) is 0 Å². The number of hydrogen-bond acceptors (Lipinski definition) is 4. The number of benzene rings is 2. The lowest BCUT2D eigenvalue weighted by Crippen LogP contribution is -2.10. The average Bonchev–Trinajstić information content (AvgIpc) is 2.56. The van der Waals surface area contributed by atoms with Crippen LogP contribution in [0.2, 0.25) is 0 Å². The molecule has 0 aliphatic rings. The van der Waals surface area contributed by atoms with Gasteiger partial charge < -0.3 is 14.2 Å². The second kappa shape index (κ2) is 8.15. The van der Waals surface area contributed by atoms with Crippen LogP contribution in [0, 0.1) is 12.7 Å². The monoisotopic (exact) mass is 396 g/mol. The molecule has 2 aromatic carbocycles. The highest BCUT2D eigenvalue weighted by molar-refractivity contribution is 9.10. The lowest BCUT2D eigenvalue weighted by atomic mass is 10.1. The van der Waals surface area contributed by atoms with E-state index in [0.717, 1.165) is 5.56 Å². The first kappa shape index (κ1) is 18.3. The summed E-state index contributed by atoms with van der Waals surface area (Å²) < 4.78 is 30.0. The second-order valence-corrected chi connectivity index (χ2v) is 5.98. The minimum absolute atomic E-state index is 0.111. The van der Waals surface area contributed by atoms with Crippen molar-refractivity contribution in [1.82, 2.24) is 0 Å². The van der Waals surface area contributed by atoms with Crippen LogP contribution in [0.5, 0.6) is 11.5 Å². The summed E-state index contributed by atoms with van der Waals surface area (Å²) in [6, 6.07) is 8.32. The Balaban J connectivity index is 2.23. The van der Waals surface area contributed by atoms with Gasteiger partial charge >= 0.3 is 6.16 Å². The van der Waals surface area contributed by atoms with Crippen molar-refractivity contribution in [3.05, 3.63) is 57.3 Å². The van der Waals surface area contributed by atoms with E-state index in [4.69, 9.17) is 9.47 Å². The van der Waals surface area contributed by atoms with E-state index in [-0.39, 0.29) is 12.4 Å². The van der Waals surface area contributed by atoms with Crippen molar-refractivity contribution in [3.8, 4) is 11.5 Å². The molecule has 0 aromatic heterocycles. The van der Waals surface area contributed by atoms with E-state index in [2.05, 4.69) is 20.7 Å². The molecule has 0 saturated heterocycles. The van der Waals surface area contributed by atoms with E-state index in [1.54, 1.807) is 24.3 Å². The number of carbonyl (C=O) groups is 1. The van der Waals surface area contributed by atoms with Gasteiger partial charge in [0, 0.05) is 16.1 Å². The Kier molecular flexibility index (Phi) is 6.20. The average molecular weight is 397 g/mol. The number of ether oxygens (including phenoxy) is 3. The molecule has 0 aliphatic heterocycles. The number of carbonyl (C=O) groups excluding carboxylic acids is 1. The van der Waals surface area contributed by atoms with Crippen LogP contribution in [0.4, 0.5) is 9.18 Å². The summed E-state index contributed by atoms with van der Waals surface area (Å²) >= 11 is 3.40. The topological polar surface area (TPSA) is 44.8 Å². The largest absolute Gasteiger partial charge is 0.513 e. The molecule has 4 nitrogen and oxygen atoms in total. The molecule has 0 unspecified atom stereocenters. The van der Waals surface area contributed by atoms with Crippen LogP contribution >= 0.6 is 15.9 Å². The Morgan fingerprint density at radius 2 is 2.00 bits per heavy atom. The van der Waals surface area contributed by atoms with Crippen LogP contribution in [0.15, 0.2) is 34.8 Å². The van der Waals surface area contributed by atoms with Crippen molar-refractivity contribution >= 4 is 22.1 Å². The number of methoxy groups -OCH3 is 1. The number of aryl methyl sites for hydroxylation is 2. The predicted molar refractivity (Wildman–Crippen MR) is 92.0 cm³/mol. The number of hydrogen-bond donors (Lipinski definition) is 0. The standard InChI is InChI=1S/C18H18BrFO4/c1-4-12-8-11(2)17(9-15(12)20)23-10-13-14(19)6-5-7-16(13)24-18(21)22-3/h5-9H,4,10H2,1-3H3. The minimum atomic E-state index is -0.816. The molecule has 0 atom stereocenters. The molecule has 0 heterocycles. The molecular weight excluding hydrogens is 379 g/mol. The molecular formula is C18H18BrFO4. The van der Waals surface area contributed by atoms with Gasteiger partial charge in [-0.25, -0.2) is 9.18 Å². The lowest BCUT2D eigenvalue weighted by Gasteiger charge is -2.14. The summed E-state index contributed by atoms with van der Waals surface area (Å²) in [4.78, 5) is 11.3. The number of halogens is 2. The fourth-order valence-corrected chi connectivity index (χ4v) is 2.67. The van der Waals surface area contributed by atoms with E-state index in [9.17, 15) is 9.18 Å². The van der Waals surface area contributed by atoms with E-state index in [0.29, 0.717) is 33.5 Å². The maximum Gasteiger partial charge on any atom is 0.513 e. The zero-order valence-corrected chi connectivity index (χ0v) is 15.3. The Hall–Kier alpha value is -2.08. The maximum atomic E-state index is 14.0. The maximum absolute atomic E-state index is 14.0. The highest BCUT2D eigenvalue weighted by atomic mass is 79.9. The summed E-state index contributed by atoms with van der Waals surface area (Å²) in [5.41, 5.74) is 2.12. The molecule has 2 rings (SSSR count). The highest BCUT2D eigenvalue weighted by Gasteiger charge is 2.14. The van der Waals surface area contributed by atoms with Crippen LogP contribution in [0.25, 0.3) is 0 Å². The zero-order valence-electron chi connectivity index (χ0n) is 13.7. The summed E-state index contributed by atoms with van der Waals surface area (Å²) in [6.45, 7) is 3.87. The molecule has 128 valence electrons. The van der Waals surface area contributed by atoms with Gasteiger partial charge in [-0.05, 0) is 42.7 Å². The third-order valence-corrected chi connectivity index (χ3v) is 4.28. The van der Waals surface area contributed by atoms with E-state index in [1.807, 2.05) is 13.8 Å². The van der Waals surface area contributed by atoms with Crippen LogP contribution in [-0.2, 0) is 17.8 Å². The van der Waals surface area contributed by atoms with Crippen molar-refractivity contribution in [2.24, 2.45) is 0 Å². The first-order valence-electron chi connectivity index (χ1n) is 7.41. The van der Waals surface area contributed by atoms with Crippen molar-refractivity contribution in [2.45, 2.75) is 26.9 Å². The van der Waals surface area contributed by atoms with Crippen molar-refractivity contribution in [3.63, 3.8) is 0 Å². The molecule has 0 amide bonds. The van der Waals surface area contributed by atoms with Crippen LogP contribution in [0.3, 0.4) is 0 Å². The third-order valence-electron chi connectivity index (χ3n) is 3.53. The molecule has 0 aliphatic carbocycles. The predicted octanol–water partition coefficient (Wildman–Crippen LogP) is 5.18. The van der Waals surface area contributed by atoms with Gasteiger partial charge in [-0.2, -0.15) is 0 Å². The molecule has 24 heavy (non-hydrogen) atoms. The van der Waals surface area contributed by atoms with Gasteiger partial charge in [0.15, 0.2) is 0 Å². The molecule has 0 spiro atoms. The normalized spacial score (nSPS) is 10.4. The lowest BCUT2D eigenvalue weighted by molar-refractivity contribution is 0.120. The zero-order chi connectivity index (χ0) is 17.7. The fourth-order valence-electron chi connectivity index (χ4n) is 2.21. The smallest absolute Gasteiger partial charge is 0.488 e. The van der Waals surface area contributed by atoms with Gasteiger partial charge in [0.05, 0.1) is 7.11 Å². The van der Waals surface area contributed by atoms with Crippen molar-refractivity contribution in [1.29, 1.82) is 0 Å². The summed E-state index contributed by atoms with van der Waals surface area (Å²) in [6.07, 6.45) is -0.197. The van der Waals surface area contributed by atoms with Crippen molar-refractivity contribution in [2.75, 3.05) is 7.11 Å². The highest BCUT2D eigenvalue weighted by Crippen LogP contribution is 2.30. The Morgan fingerprint density at radius 3 is 2.67 bits per heavy atom. The summed E-state index contributed by atoms with van der Waals surface area (Å²) in [5.74, 6) is 0.472. The van der Waals surface area contributed by atoms with Gasteiger partial charge in [-0.1, -0.05) is 28.9 Å². The van der Waals surface area contributed by atoms with E-state index in [1.165, 1.54) is 13.2 Å². The third kappa shape index (κ3) is 4.26. The van der Waals surface area contributed by atoms with E-state index < -0.39 is 6.16 Å². The van der Waals surface area contributed by atoms with Crippen LogP contribution < -0.4 is 9.47 Å². The molecule has 2 aromatic rings. The van der Waals surface area contributed by atoms with Crippen molar-refractivity contribution < 1.29 is 23.4 Å². The molecule has 0 radical (unpaired) electrons. The molecule has 0 saturated carbocycles. The molecule has 0 bridgehead atoms. The fraction of sp³-hybridized carbons (Fsp3) is 0.278. The quantitative estimate of drug-likeness (QED) is 0.515. The first-order chi connectivity index (χ1) is 11.5. The van der Waals surface area contributed by atoms with Crippen LogP contribution in [0.1, 0.15) is 23.6 Å². The van der Waals surface area contributed by atoms with Gasteiger partial charge in [-0.15, -0.1) is 0 Å². The Bertz CT molecular complexity index is 746.